The number of nitrogens with zero attached hydrogens (tertiary/aromatic N) is 2. The minimum atomic E-state index is 0.426. The number of pyridine rings is 1. The van der Waals surface area contributed by atoms with Gasteiger partial charge in [0.2, 0.25) is 5.88 Å². The molecule has 0 saturated heterocycles. The van der Waals surface area contributed by atoms with Crippen molar-refractivity contribution in [3.05, 3.63) is 82.2 Å². The molecule has 0 spiro atoms. The van der Waals surface area contributed by atoms with Gasteiger partial charge in [0, 0.05) is 23.2 Å². The summed E-state index contributed by atoms with van der Waals surface area (Å²) in [5, 5.41) is 5.22. The van der Waals surface area contributed by atoms with Crippen molar-refractivity contribution in [1.82, 2.24) is 10.3 Å². The molecule has 0 atom stereocenters. The molecule has 2 aromatic heterocycles. The summed E-state index contributed by atoms with van der Waals surface area (Å²) in [6.45, 7) is 1.67. The molecule has 134 valence electrons. The third-order valence-electron chi connectivity index (χ3n) is 3.75. The van der Waals surface area contributed by atoms with Crippen LogP contribution in [-0.2, 0) is 19.6 Å². The predicted octanol–water partition coefficient (Wildman–Crippen LogP) is 3.37. The number of thiophene rings is 1. The maximum atomic E-state index is 5.96. The first-order chi connectivity index (χ1) is 12.8. The van der Waals surface area contributed by atoms with Crippen LogP contribution in [-0.4, -0.2) is 17.5 Å². The minimum absolute atomic E-state index is 0.426. The number of nitrogens with one attached hydrogen (secondary N) is 1. The van der Waals surface area contributed by atoms with Gasteiger partial charge < -0.3 is 15.8 Å². The van der Waals surface area contributed by atoms with Crippen LogP contribution in [0.5, 0.6) is 5.88 Å². The summed E-state index contributed by atoms with van der Waals surface area (Å²) in [4.78, 5) is 10.0. The molecule has 5 nitrogen and oxygen atoms in total. The minimum Gasteiger partial charge on any atom is -0.473 e. The highest BCUT2D eigenvalue weighted by molar-refractivity contribution is 7.09. The molecule has 3 aromatic rings. The zero-order valence-corrected chi connectivity index (χ0v) is 15.3. The first kappa shape index (κ1) is 17.9. The van der Waals surface area contributed by atoms with Gasteiger partial charge in [-0.25, -0.2) is 9.98 Å². The lowest BCUT2D eigenvalue weighted by atomic mass is 10.2. The Morgan fingerprint density at radius 1 is 1.12 bits per heavy atom. The summed E-state index contributed by atoms with van der Waals surface area (Å²) in [6, 6.07) is 18.0. The number of hydrogen-bond acceptors (Lipinski definition) is 4. The van der Waals surface area contributed by atoms with Crippen molar-refractivity contribution in [2.24, 2.45) is 10.7 Å². The van der Waals surface area contributed by atoms with Crippen molar-refractivity contribution >= 4 is 17.3 Å². The second-order valence-corrected chi connectivity index (χ2v) is 6.73. The fourth-order valence-corrected chi connectivity index (χ4v) is 3.10. The molecule has 0 unspecified atom stereocenters. The first-order valence-electron chi connectivity index (χ1n) is 8.48. The standard InChI is InChI=1S/C20H22N4OS/c21-20(23-12-10-18-9-5-13-26-18)24-14-17-8-4-11-22-19(17)25-15-16-6-2-1-3-7-16/h1-9,11,13H,10,12,14-15H2,(H3,21,23,24). The van der Waals surface area contributed by atoms with E-state index in [0.29, 0.717) is 25.0 Å². The van der Waals surface area contributed by atoms with Gasteiger partial charge in [-0.2, -0.15) is 0 Å². The number of benzene rings is 1. The number of guanidine groups is 1. The zero-order valence-electron chi connectivity index (χ0n) is 14.5. The molecule has 3 N–H and O–H groups in total. The molecule has 6 heteroatoms. The van der Waals surface area contributed by atoms with E-state index in [9.17, 15) is 0 Å². The van der Waals surface area contributed by atoms with Crippen LogP contribution in [0.25, 0.3) is 0 Å². The van der Waals surface area contributed by atoms with E-state index < -0.39 is 0 Å². The molecule has 26 heavy (non-hydrogen) atoms. The van der Waals surface area contributed by atoms with Crippen LogP contribution >= 0.6 is 11.3 Å². The fourth-order valence-electron chi connectivity index (χ4n) is 2.40. The average Bonchev–Trinajstić information content (AvgIpc) is 3.20. The van der Waals surface area contributed by atoms with Crippen LogP contribution in [0.1, 0.15) is 16.0 Å². The summed E-state index contributed by atoms with van der Waals surface area (Å²) in [5.41, 5.74) is 7.97. The smallest absolute Gasteiger partial charge is 0.218 e. The normalized spacial score (nSPS) is 11.3. The number of hydrogen-bond donors (Lipinski definition) is 2. The van der Waals surface area contributed by atoms with Crippen LogP contribution in [0.15, 0.2) is 71.2 Å². The first-order valence-corrected chi connectivity index (χ1v) is 9.36. The largest absolute Gasteiger partial charge is 0.473 e. The number of nitrogens with two attached hydrogens (primary N) is 1. The van der Waals surface area contributed by atoms with Crippen molar-refractivity contribution < 1.29 is 4.74 Å². The molecule has 0 aliphatic heterocycles. The summed E-state index contributed by atoms with van der Waals surface area (Å²) >= 11 is 1.74. The van der Waals surface area contributed by atoms with Crippen molar-refractivity contribution in [2.45, 2.75) is 19.6 Å². The lowest BCUT2D eigenvalue weighted by Crippen LogP contribution is -2.33. The Morgan fingerprint density at radius 3 is 2.81 bits per heavy atom. The van der Waals surface area contributed by atoms with E-state index in [-0.39, 0.29) is 0 Å². The van der Waals surface area contributed by atoms with Crippen molar-refractivity contribution in [3.8, 4) is 5.88 Å². The molecule has 0 bridgehead atoms. The highest BCUT2D eigenvalue weighted by atomic mass is 32.1. The lowest BCUT2D eigenvalue weighted by Gasteiger charge is -2.09. The Bertz CT molecular complexity index is 819. The monoisotopic (exact) mass is 366 g/mol. The van der Waals surface area contributed by atoms with Crippen LogP contribution in [0, 0.1) is 0 Å². The molecular formula is C20H22N4OS. The van der Waals surface area contributed by atoms with Gasteiger partial charge in [0.1, 0.15) is 6.61 Å². The second-order valence-electron chi connectivity index (χ2n) is 5.70. The second kappa shape index (κ2) is 9.58. The van der Waals surface area contributed by atoms with E-state index in [1.807, 2.05) is 42.5 Å². The van der Waals surface area contributed by atoms with Gasteiger partial charge in [-0.15, -0.1) is 11.3 Å². The third-order valence-corrected chi connectivity index (χ3v) is 4.68. The van der Waals surface area contributed by atoms with Gasteiger partial charge in [-0.1, -0.05) is 42.5 Å². The van der Waals surface area contributed by atoms with E-state index in [1.54, 1.807) is 17.5 Å². The van der Waals surface area contributed by atoms with E-state index in [1.165, 1.54) is 4.88 Å². The molecule has 2 heterocycles. The molecule has 0 aliphatic rings. The number of aromatic nitrogens is 1. The molecule has 1 aromatic carbocycles. The van der Waals surface area contributed by atoms with Gasteiger partial charge >= 0.3 is 0 Å². The maximum Gasteiger partial charge on any atom is 0.218 e. The van der Waals surface area contributed by atoms with Crippen molar-refractivity contribution in [3.63, 3.8) is 0 Å². The summed E-state index contributed by atoms with van der Waals surface area (Å²) in [7, 11) is 0. The highest BCUT2D eigenvalue weighted by Crippen LogP contribution is 2.17. The molecular weight excluding hydrogens is 344 g/mol. The summed E-state index contributed by atoms with van der Waals surface area (Å²) in [5.74, 6) is 1.02. The third kappa shape index (κ3) is 5.60. The van der Waals surface area contributed by atoms with Gasteiger partial charge in [0.05, 0.1) is 6.54 Å². The van der Waals surface area contributed by atoms with E-state index in [0.717, 1.165) is 24.1 Å². The van der Waals surface area contributed by atoms with Crippen LogP contribution in [0.4, 0.5) is 0 Å². The Kier molecular flexibility index (Phi) is 6.61. The van der Waals surface area contributed by atoms with Crippen molar-refractivity contribution in [1.29, 1.82) is 0 Å². The Morgan fingerprint density at radius 2 is 2.00 bits per heavy atom. The maximum absolute atomic E-state index is 5.96. The Balaban J connectivity index is 1.52. The van der Waals surface area contributed by atoms with Crippen LogP contribution in [0.3, 0.4) is 0 Å². The van der Waals surface area contributed by atoms with E-state index in [2.05, 4.69) is 32.8 Å². The highest BCUT2D eigenvalue weighted by Gasteiger charge is 2.05. The molecule has 0 fully saturated rings. The van der Waals surface area contributed by atoms with E-state index >= 15 is 0 Å². The van der Waals surface area contributed by atoms with Gasteiger partial charge in [0.25, 0.3) is 0 Å². The van der Waals surface area contributed by atoms with Gasteiger partial charge in [-0.3, -0.25) is 0 Å². The Hall–Kier alpha value is -2.86. The average molecular weight is 366 g/mol. The lowest BCUT2D eigenvalue weighted by molar-refractivity contribution is 0.290. The number of rotatable bonds is 8. The van der Waals surface area contributed by atoms with Crippen molar-refractivity contribution in [2.75, 3.05) is 6.54 Å². The molecule has 0 radical (unpaired) electrons. The fraction of sp³-hybridized carbons (Fsp3) is 0.200. The molecule has 0 saturated carbocycles. The SMILES string of the molecule is NC(=NCc1cccnc1OCc1ccccc1)NCCc1cccs1. The Labute approximate surface area is 157 Å². The number of aliphatic imine (C=N–C) groups is 1. The quantitative estimate of drug-likeness (QED) is 0.474. The van der Waals surface area contributed by atoms with Crippen LogP contribution < -0.4 is 15.8 Å². The van der Waals surface area contributed by atoms with Gasteiger partial charge in [0.15, 0.2) is 5.96 Å². The summed E-state index contributed by atoms with van der Waals surface area (Å²) < 4.78 is 5.85. The zero-order chi connectivity index (χ0) is 18.0. The molecule has 0 amide bonds. The number of ether oxygens (including phenoxy) is 1. The van der Waals surface area contributed by atoms with Gasteiger partial charge in [-0.05, 0) is 29.5 Å². The van der Waals surface area contributed by atoms with E-state index in [4.69, 9.17) is 10.5 Å². The summed E-state index contributed by atoms with van der Waals surface area (Å²) in [6.07, 6.45) is 2.66. The predicted molar refractivity (Wildman–Crippen MR) is 106 cm³/mol. The molecule has 3 rings (SSSR count). The van der Waals surface area contributed by atoms with Crippen LogP contribution in [0.2, 0.25) is 0 Å². The molecule has 0 aliphatic carbocycles. The topological polar surface area (TPSA) is 72.5 Å².